The molecule has 3 aromatic carbocycles. The molecule has 0 amide bonds. The van der Waals surface area contributed by atoms with E-state index in [2.05, 4.69) is 0 Å². The van der Waals surface area contributed by atoms with Gasteiger partial charge in [-0.15, -0.1) is 0 Å². The number of anilines is 1. The van der Waals surface area contributed by atoms with Crippen LogP contribution in [0.3, 0.4) is 0 Å². The Morgan fingerprint density at radius 3 is 1.96 bits per heavy atom. The van der Waals surface area contributed by atoms with Gasteiger partial charge in [0.05, 0.1) is 10.5 Å². The van der Waals surface area contributed by atoms with Gasteiger partial charge in [0.2, 0.25) is 0 Å². The molecule has 0 saturated carbocycles. The summed E-state index contributed by atoms with van der Waals surface area (Å²) >= 11 is 0. The lowest BCUT2D eigenvalue weighted by Gasteiger charge is -2.19. The summed E-state index contributed by atoms with van der Waals surface area (Å²) in [6.07, 6.45) is -0.624. The summed E-state index contributed by atoms with van der Waals surface area (Å²) in [6.45, 7) is 0. The number of esters is 1. The molecule has 0 atom stereocenters. The second-order valence-corrected chi connectivity index (χ2v) is 5.64. The van der Waals surface area contributed by atoms with Crippen LogP contribution >= 0.6 is 0 Å². The van der Waals surface area contributed by atoms with Crippen molar-refractivity contribution in [1.82, 2.24) is 0 Å². The van der Waals surface area contributed by atoms with Crippen LogP contribution in [0.15, 0.2) is 78.9 Å². The Bertz CT molecular complexity index is 888. The SMILES string of the molecule is Nc1ccc(C(=O)OC(c2ccccc2)c2ccccc2)cc1[N+](=O)[O-]. The predicted molar refractivity (Wildman–Crippen MR) is 97.7 cm³/mol. The number of rotatable bonds is 5. The van der Waals surface area contributed by atoms with E-state index in [0.717, 1.165) is 17.2 Å². The Kier molecular flexibility index (Phi) is 4.94. The molecule has 0 aliphatic rings. The van der Waals surface area contributed by atoms with Crippen LogP contribution < -0.4 is 5.73 Å². The minimum atomic E-state index is -0.661. The second-order valence-electron chi connectivity index (χ2n) is 5.64. The third-order valence-electron chi connectivity index (χ3n) is 3.89. The molecule has 0 aliphatic carbocycles. The number of nitrogens with zero attached hydrogens (tertiary/aromatic N) is 1. The lowest BCUT2D eigenvalue weighted by molar-refractivity contribution is -0.383. The Labute approximate surface area is 150 Å². The van der Waals surface area contributed by atoms with Gasteiger partial charge in [0.1, 0.15) is 5.69 Å². The first-order valence-electron chi connectivity index (χ1n) is 7.91. The molecule has 0 saturated heterocycles. The third-order valence-corrected chi connectivity index (χ3v) is 3.89. The minimum absolute atomic E-state index is 0.00535. The first-order valence-corrected chi connectivity index (χ1v) is 7.91. The van der Waals surface area contributed by atoms with E-state index >= 15 is 0 Å². The Morgan fingerprint density at radius 2 is 1.46 bits per heavy atom. The molecule has 0 spiro atoms. The molecular weight excluding hydrogens is 332 g/mol. The monoisotopic (exact) mass is 348 g/mol. The summed E-state index contributed by atoms with van der Waals surface area (Å²) in [7, 11) is 0. The summed E-state index contributed by atoms with van der Waals surface area (Å²) in [6, 6.07) is 22.5. The van der Waals surface area contributed by atoms with Crippen LogP contribution in [0.4, 0.5) is 11.4 Å². The Balaban J connectivity index is 1.94. The maximum atomic E-state index is 12.6. The zero-order valence-corrected chi connectivity index (χ0v) is 13.7. The van der Waals surface area contributed by atoms with Gasteiger partial charge in [-0.2, -0.15) is 0 Å². The molecule has 3 aromatic rings. The van der Waals surface area contributed by atoms with Crippen LogP contribution in [0, 0.1) is 10.1 Å². The summed E-state index contributed by atoms with van der Waals surface area (Å²) < 4.78 is 5.68. The van der Waals surface area contributed by atoms with Gasteiger partial charge in [-0.05, 0) is 23.3 Å². The topological polar surface area (TPSA) is 95.5 Å². The van der Waals surface area contributed by atoms with Crippen LogP contribution in [-0.2, 0) is 4.74 Å². The molecule has 3 rings (SSSR count). The van der Waals surface area contributed by atoms with Gasteiger partial charge in [0.15, 0.2) is 6.10 Å². The Hall–Kier alpha value is -3.67. The average Bonchev–Trinajstić information content (AvgIpc) is 2.67. The minimum Gasteiger partial charge on any atom is -0.449 e. The van der Waals surface area contributed by atoms with Crippen molar-refractivity contribution in [2.45, 2.75) is 6.10 Å². The van der Waals surface area contributed by atoms with Crippen molar-refractivity contribution in [2.75, 3.05) is 5.73 Å². The molecule has 26 heavy (non-hydrogen) atoms. The van der Waals surface area contributed by atoms with Crippen LogP contribution in [0.25, 0.3) is 0 Å². The number of hydrogen-bond donors (Lipinski definition) is 1. The van der Waals surface area contributed by atoms with Gasteiger partial charge in [-0.25, -0.2) is 4.79 Å². The van der Waals surface area contributed by atoms with Crippen molar-refractivity contribution in [2.24, 2.45) is 0 Å². The number of nitrogen functional groups attached to an aromatic ring is 1. The molecular formula is C20H16N2O4. The van der Waals surface area contributed by atoms with Crippen LogP contribution in [0.5, 0.6) is 0 Å². The highest BCUT2D eigenvalue weighted by Gasteiger charge is 2.22. The van der Waals surface area contributed by atoms with Crippen molar-refractivity contribution in [3.8, 4) is 0 Å². The highest BCUT2D eigenvalue weighted by atomic mass is 16.6. The van der Waals surface area contributed by atoms with Crippen molar-refractivity contribution >= 4 is 17.3 Å². The van der Waals surface area contributed by atoms with Gasteiger partial charge in [0, 0.05) is 6.07 Å². The maximum Gasteiger partial charge on any atom is 0.339 e. The van der Waals surface area contributed by atoms with E-state index in [9.17, 15) is 14.9 Å². The molecule has 0 bridgehead atoms. The number of carbonyl (C=O) groups excluding carboxylic acids is 1. The van der Waals surface area contributed by atoms with E-state index < -0.39 is 17.0 Å². The van der Waals surface area contributed by atoms with E-state index in [-0.39, 0.29) is 16.9 Å². The van der Waals surface area contributed by atoms with Gasteiger partial charge in [0.25, 0.3) is 5.69 Å². The smallest absolute Gasteiger partial charge is 0.339 e. The summed E-state index contributed by atoms with van der Waals surface area (Å²) in [5.74, 6) is -0.661. The van der Waals surface area contributed by atoms with Crippen molar-refractivity contribution in [3.05, 3.63) is 106 Å². The number of ether oxygens (including phenoxy) is 1. The third kappa shape index (κ3) is 3.70. The van der Waals surface area contributed by atoms with E-state index in [1.165, 1.54) is 12.1 Å². The fourth-order valence-corrected chi connectivity index (χ4v) is 2.59. The quantitative estimate of drug-likeness (QED) is 0.324. The van der Waals surface area contributed by atoms with Crippen LogP contribution in [0.1, 0.15) is 27.6 Å². The maximum absolute atomic E-state index is 12.6. The number of hydrogen-bond acceptors (Lipinski definition) is 5. The molecule has 2 N–H and O–H groups in total. The lowest BCUT2D eigenvalue weighted by Crippen LogP contribution is -2.13. The van der Waals surface area contributed by atoms with E-state index in [1.54, 1.807) is 0 Å². The van der Waals surface area contributed by atoms with Gasteiger partial charge < -0.3 is 10.5 Å². The molecule has 130 valence electrons. The number of benzene rings is 3. The number of nitro benzene ring substituents is 1. The normalized spacial score (nSPS) is 10.5. The van der Waals surface area contributed by atoms with Crippen molar-refractivity contribution in [3.63, 3.8) is 0 Å². The molecule has 6 heteroatoms. The van der Waals surface area contributed by atoms with Crippen molar-refractivity contribution < 1.29 is 14.5 Å². The van der Waals surface area contributed by atoms with Gasteiger partial charge in [-0.1, -0.05) is 60.7 Å². The highest BCUT2D eigenvalue weighted by Crippen LogP contribution is 2.28. The zero-order valence-electron chi connectivity index (χ0n) is 13.7. The molecule has 0 unspecified atom stereocenters. The highest BCUT2D eigenvalue weighted by molar-refractivity contribution is 5.91. The first-order chi connectivity index (χ1) is 12.6. The van der Waals surface area contributed by atoms with Crippen LogP contribution in [-0.4, -0.2) is 10.9 Å². The molecule has 0 heterocycles. The average molecular weight is 348 g/mol. The zero-order chi connectivity index (χ0) is 18.5. The first kappa shape index (κ1) is 17.2. The number of carbonyl (C=O) groups is 1. The number of nitrogens with two attached hydrogens (primary N) is 1. The summed E-state index contributed by atoms with van der Waals surface area (Å²) in [5, 5.41) is 11.0. The fourth-order valence-electron chi connectivity index (χ4n) is 2.59. The summed E-state index contributed by atoms with van der Waals surface area (Å²) in [4.78, 5) is 23.0. The summed E-state index contributed by atoms with van der Waals surface area (Å²) in [5.41, 5.74) is 6.93. The molecule has 0 aromatic heterocycles. The van der Waals surface area contributed by atoms with E-state index in [0.29, 0.717) is 0 Å². The fraction of sp³-hybridized carbons (Fsp3) is 0.0500. The molecule has 0 radical (unpaired) electrons. The van der Waals surface area contributed by atoms with E-state index in [1.807, 2.05) is 60.7 Å². The standard InChI is InChI=1S/C20H16N2O4/c21-17-12-11-16(13-18(17)22(24)25)20(23)26-19(14-7-3-1-4-8-14)15-9-5-2-6-10-15/h1-13,19H,21H2. The van der Waals surface area contributed by atoms with E-state index in [4.69, 9.17) is 10.5 Å². The molecule has 0 fully saturated rings. The Morgan fingerprint density at radius 1 is 0.923 bits per heavy atom. The largest absolute Gasteiger partial charge is 0.449 e. The lowest BCUT2D eigenvalue weighted by atomic mass is 10.0. The van der Waals surface area contributed by atoms with Crippen LogP contribution in [0.2, 0.25) is 0 Å². The molecule has 0 aliphatic heterocycles. The second kappa shape index (κ2) is 7.48. The van der Waals surface area contributed by atoms with Crippen molar-refractivity contribution in [1.29, 1.82) is 0 Å². The number of nitro groups is 1. The predicted octanol–water partition coefficient (Wildman–Crippen LogP) is 4.12. The van der Waals surface area contributed by atoms with Gasteiger partial charge in [-0.3, -0.25) is 10.1 Å². The molecule has 6 nitrogen and oxygen atoms in total. The van der Waals surface area contributed by atoms with Gasteiger partial charge >= 0.3 is 5.97 Å².